The zero-order chi connectivity index (χ0) is 19.9. The van der Waals surface area contributed by atoms with Crippen LogP contribution in [-0.2, 0) is 0 Å². The minimum atomic E-state index is -0.372. The molecule has 0 atom stereocenters. The molecule has 0 aliphatic carbocycles. The summed E-state index contributed by atoms with van der Waals surface area (Å²) in [7, 11) is 0. The van der Waals surface area contributed by atoms with Gasteiger partial charge in [0.25, 0.3) is 0 Å². The number of fused-ring (bicyclic) bond motifs is 1. The van der Waals surface area contributed by atoms with Gasteiger partial charge in [-0.25, -0.2) is 4.79 Å². The van der Waals surface area contributed by atoms with Gasteiger partial charge in [0.15, 0.2) is 0 Å². The average molecular weight is 388 g/mol. The van der Waals surface area contributed by atoms with Crippen molar-refractivity contribution < 1.29 is 18.6 Å². The van der Waals surface area contributed by atoms with Crippen LogP contribution in [0.5, 0.6) is 23.0 Å². The first kappa shape index (κ1) is 18.6. The molecule has 0 saturated heterocycles. The molecule has 0 fully saturated rings. The fraction of sp³-hybridized carbons (Fsp3) is 0.125. The highest BCUT2D eigenvalue weighted by molar-refractivity contribution is 5.77. The number of hydrogen-bond acceptors (Lipinski definition) is 5. The first-order valence-electron chi connectivity index (χ1n) is 9.39. The number of rotatable bonds is 8. The Labute approximate surface area is 168 Å². The predicted octanol–water partition coefficient (Wildman–Crippen LogP) is 5.43. The van der Waals surface area contributed by atoms with Crippen LogP contribution >= 0.6 is 0 Å². The predicted molar refractivity (Wildman–Crippen MR) is 111 cm³/mol. The molecule has 0 radical (unpaired) electrons. The second kappa shape index (κ2) is 8.97. The average Bonchev–Trinajstić information content (AvgIpc) is 2.75. The molecular formula is C24H20O5. The van der Waals surface area contributed by atoms with Gasteiger partial charge in [0.1, 0.15) is 28.6 Å². The zero-order valence-electron chi connectivity index (χ0n) is 15.7. The Morgan fingerprint density at radius 1 is 0.655 bits per heavy atom. The van der Waals surface area contributed by atoms with Gasteiger partial charge in [-0.1, -0.05) is 18.2 Å². The molecule has 0 unspecified atom stereocenters. The maximum Gasteiger partial charge on any atom is 0.336 e. The van der Waals surface area contributed by atoms with Gasteiger partial charge in [0, 0.05) is 23.9 Å². The van der Waals surface area contributed by atoms with Crippen molar-refractivity contribution in [3.8, 4) is 23.0 Å². The summed E-state index contributed by atoms with van der Waals surface area (Å²) in [5.41, 5.74) is 0.146. The number of ether oxygens (including phenoxy) is 3. The summed E-state index contributed by atoms with van der Waals surface area (Å²) in [4.78, 5) is 11.3. The van der Waals surface area contributed by atoms with Crippen molar-refractivity contribution in [2.45, 2.75) is 6.42 Å². The van der Waals surface area contributed by atoms with Crippen molar-refractivity contribution in [1.82, 2.24) is 0 Å². The molecule has 0 spiro atoms. The number of para-hydroxylation sites is 1. The van der Waals surface area contributed by atoms with E-state index in [1.54, 1.807) is 12.1 Å². The summed E-state index contributed by atoms with van der Waals surface area (Å²) >= 11 is 0. The molecule has 0 aliphatic heterocycles. The van der Waals surface area contributed by atoms with E-state index in [-0.39, 0.29) is 5.63 Å². The van der Waals surface area contributed by atoms with E-state index in [2.05, 4.69) is 0 Å². The lowest BCUT2D eigenvalue weighted by molar-refractivity contribution is 0.247. The van der Waals surface area contributed by atoms with Gasteiger partial charge in [-0.2, -0.15) is 0 Å². The van der Waals surface area contributed by atoms with Gasteiger partial charge < -0.3 is 18.6 Å². The smallest absolute Gasteiger partial charge is 0.336 e. The van der Waals surface area contributed by atoms with Gasteiger partial charge in [-0.3, -0.25) is 0 Å². The fourth-order valence-electron chi connectivity index (χ4n) is 2.80. The standard InChI is InChI=1S/C24H20O5/c25-24-14-8-18-7-9-22(17-23(18)29-24)27-16-4-15-26-19-10-12-21(13-11-19)28-20-5-2-1-3-6-20/h1-3,5-14,17H,4,15-16H2. The third kappa shape index (κ3) is 5.17. The molecule has 0 N–H and O–H groups in total. The molecule has 0 amide bonds. The fourth-order valence-corrected chi connectivity index (χ4v) is 2.80. The van der Waals surface area contributed by atoms with Crippen LogP contribution in [0.2, 0.25) is 0 Å². The van der Waals surface area contributed by atoms with Crippen LogP contribution in [0, 0.1) is 0 Å². The topological polar surface area (TPSA) is 57.9 Å². The Kier molecular flexibility index (Phi) is 5.76. The molecule has 1 heterocycles. The summed E-state index contributed by atoms with van der Waals surface area (Å²) in [5, 5.41) is 0.861. The van der Waals surface area contributed by atoms with E-state index in [0.29, 0.717) is 24.5 Å². The SMILES string of the molecule is O=c1ccc2ccc(OCCCOc3ccc(Oc4ccccc4)cc3)cc2o1. The highest BCUT2D eigenvalue weighted by Crippen LogP contribution is 2.24. The van der Waals surface area contributed by atoms with E-state index in [9.17, 15) is 4.79 Å². The maximum atomic E-state index is 11.3. The number of benzene rings is 3. The van der Waals surface area contributed by atoms with Gasteiger partial charge in [0.05, 0.1) is 13.2 Å². The van der Waals surface area contributed by atoms with E-state index in [0.717, 1.165) is 29.1 Å². The first-order chi connectivity index (χ1) is 14.3. The van der Waals surface area contributed by atoms with Crippen molar-refractivity contribution in [2.24, 2.45) is 0 Å². The van der Waals surface area contributed by atoms with Crippen LogP contribution in [0.15, 0.2) is 94.1 Å². The molecular weight excluding hydrogens is 368 g/mol. The van der Waals surface area contributed by atoms with E-state index >= 15 is 0 Å². The Morgan fingerprint density at radius 2 is 1.28 bits per heavy atom. The second-order valence-electron chi connectivity index (χ2n) is 6.39. The van der Waals surface area contributed by atoms with Gasteiger partial charge in [0.2, 0.25) is 0 Å². The van der Waals surface area contributed by atoms with Crippen LogP contribution in [0.1, 0.15) is 6.42 Å². The normalized spacial score (nSPS) is 10.6. The van der Waals surface area contributed by atoms with Crippen LogP contribution in [0.25, 0.3) is 11.0 Å². The molecule has 5 nitrogen and oxygen atoms in total. The lowest BCUT2D eigenvalue weighted by Gasteiger charge is -2.09. The highest BCUT2D eigenvalue weighted by Gasteiger charge is 2.02. The molecule has 3 aromatic carbocycles. The molecule has 0 saturated carbocycles. The van der Waals surface area contributed by atoms with Gasteiger partial charge in [-0.05, 0) is 54.6 Å². The minimum Gasteiger partial charge on any atom is -0.493 e. The van der Waals surface area contributed by atoms with E-state index in [1.807, 2.05) is 66.7 Å². The second-order valence-corrected chi connectivity index (χ2v) is 6.39. The Hall–Kier alpha value is -3.73. The van der Waals surface area contributed by atoms with E-state index in [4.69, 9.17) is 18.6 Å². The molecule has 0 bridgehead atoms. The van der Waals surface area contributed by atoms with Crippen LogP contribution in [0.4, 0.5) is 0 Å². The van der Waals surface area contributed by atoms with Crippen molar-refractivity contribution >= 4 is 11.0 Å². The summed E-state index contributed by atoms with van der Waals surface area (Å²) in [6, 6.07) is 25.7. The van der Waals surface area contributed by atoms with E-state index < -0.39 is 0 Å². The molecule has 4 rings (SSSR count). The molecule has 1 aromatic heterocycles. The highest BCUT2D eigenvalue weighted by atomic mass is 16.5. The van der Waals surface area contributed by atoms with Gasteiger partial charge >= 0.3 is 5.63 Å². The molecule has 0 aliphatic rings. The van der Waals surface area contributed by atoms with E-state index in [1.165, 1.54) is 6.07 Å². The van der Waals surface area contributed by atoms with Gasteiger partial charge in [-0.15, -0.1) is 0 Å². The maximum absolute atomic E-state index is 11.3. The molecule has 29 heavy (non-hydrogen) atoms. The molecule has 146 valence electrons. The largest absolute Gasteiger partial charge is 0.493 e. The van der Waals surface area contributed by atoms with Crippen molar-refractivity contribution in [3.05, 3.63) is 95.3 Å². The monoisotopic (exact) mass is 388 g/mol. The summed E-state index contributed by atoms with van der Waals surface area (Å²) < 4.78 is 22.4. The quantitative estimate of drug-likeness (QED) is 0.297. The minimum absolute atomic E-state index is 0.372. The Morgan fingerprint density at radius 3 is 2.07 bits per heavy atom. The van der Waals surface area contributed by atoms with Crippen molar-refractivity contribution in [1.29, 1.82) is 0 Å². The Balaban J connectivity index is 1.22. The van der Waals surface area contributed by atoms with Crippen LogP contribution < -0.4 is 19.8 Å². The van der Waals surface area contributed by atoms with Crippen molar-refractivity contribution in [2.75, 3.05) is 13.2 Å². The summed E-state index contributed by atoms with van der Waals surface area (Å²) in [6.45, 7) is 1.03. The Bertz CT molecular complexity index is 1120. The van der Waals surface area contributed by atoms with Crippen LogP contribution in [-0.4, -0.2) is 13.2 Å². The van der Waals surface area contributed by atoms with Crippen LogP contribution in [0.3, 0.4) is 0 Å². The summed E-state index contributed by atoms with van der Waals surface area (Å²) in [5.74, 6) is 2.99. The lowest BCUT2D eigenvalue weighted by atomic mass is 10.2. The lowest BCUT2D eigenvalue weighted by Crippen LogP contribution is -2.05. The first-order valence-corrected chi connectivity index (χ1v) is 9.39. The zero-order valence-corrected chi connectivity index (χ0v) is 15.7. The van der Waals surface area contributed by atoms with Crippen molar-refractivity contribution in [3.63, 3.8) is 0 Å². The third-order valence-corrected chi connectivity index (χ3v) is 4.22. The third-order valence-electron chi connectivity index (χ3n) is 4.22. The summed E-state index contributed by atoms with van der Waals surface area (Å²) in [6.07, 6.45) is 0.721. The molecule has 5 heteroatoms. The number of hydrogen-bond donors (Lipinski definition) is 0. The molecule has 4 aromatic rings.